The fourth-order valence-electron chi connectivity index (χ4n) is 3.77. The summed E-state index contributed by atoms with van der Waals surface area (Å²) in [5.41, 5.74) is 2.69. The maximum Gasteiger partial charge on any atom is 0.234 e. The van der Waals surface area contributed by atoms with Crippen LogP contribution in [0.1, 0.15) is 11.1 Å². The van der Waals surface area contributed by atoms with Crippen LogP contribution in [-0.2, 0) is 17.8 Å². The van der Waals surface area contributed by atoms with Gasteiger partial charge in [0.2, 0.25) is 5.91 Å². The van der Waals surface area contributed by atoms with Gasteiger partial charge >= 0.3 is 0 Å². The molecule has 0 unspecified atom stereocenters. The molecular weight excluding hydrogens is 366 g/mol. The molecule has 0 radical (unpaired) electrons. The van der Waals surface area contributed by atoms with E-state index in [-0.39, 0.29) is 5.91 Å². The third-order valence-electron chi connectivity index (χ3n) is 5.36. The fraction of sp³-hybridized carbons (Fsp3) is 0.348. The molecule has 0 atom stereocenters. The number of piperazine rings is 1. The number of nitrogens with one attached hydrogen (secondary N) is 1. The molecular formula is C23H27N3OS. The predicted octanol–water partition coefficient (Wildman–Crippen LogP) is 3.38. The Hall–Kier alpha value is -2.21. The minimum Gasteiger partial charge on any atom is -0.355 e. The van der Waals surface area contributed by atoms with E-state index in [1.54, 1.807) is 11.3 Å². The summed E-state index contributed by atoms with van der Waals surface area (Å²) in [6.45, 7) is 6.14. The van der Waals surface area contributed by atoms with Crippen LogP contribution in [0.4, 0.5) is 0 Å². The highest BCUT2D eigenvalue weighted by Crippen LogP contribution is 2.25. The average molecular weight is 394 g/mol. The van der Waals surface area contributed by atoms with Crippen molar-refractivity contribution in [3.63, 3.8) is 0 Å². The fourth-order valence-corrected chi connectivity index (χ4v) is 4.77. The number of rotatable bonds is 7. The van der Waals surface area contributed by atoms with E-state index < -0.39 is 0 Å². The predicted molar refractivity (Wildman–Crippen MR) is 117 cm³/mol. The minimum absolute atomic E-state index is 0.135. The topological polar surface area (TPSA) is 35.6 Å². The van der Waals surface area contributed by atoms with Crippen LogP contribution < -0.4 is 5.32 Å². The Morgan fingerprint density at radius 2 is 1.64 bits per heavy atom. The molecule has 4 rings (SSSR count). The van der Waals surface area contributed by atoms with Crippen molar-refractivity contribution in [2.75, 3.05) is 39.3 Å². The summed E-state index contributed by atoms with van der Waals surface area (Å²) >= 11 is 1.78. The van der Waals surface area contributed by atoms with Gasteiger partial charge in [0.15, 0.2) is 0 Å². The summed E-state index contributed by atoms with van der Waals surface area (Å²) in [4.78, 5) is 17.0. The normalized spacial score (nSPS) is 15.7. The Morgan fingerprint density at radius 1 is 0.929 bits per heavy atom. The summed E-state index contributed by atoms with van der Waals surface area (Å²) in [5.74, 6) is 0.135. The standard InChI is InChI=1S/C23H27N3OS/c27-23(24-11-10-20-18-28-22-9-5-4-8-21(20)22)17-26-14-12-25(13-15-26)16-19-6-2-1-3-7-19/h1-9,18H,10-17H2,(H,24,27). The van der Waals surface area contributed by atoms with Gasteiger partial charge in [0.1, 0.15) is 0 Å². The zero-order valence-electron chi connectivity index (χ0n) is 16.1. The number of hydrogen-bond donors (Lipinski definition) is 1. The Balaban J connectivity index is 1.17. The van der Waals surface area contributed by atoms with Gasteiger partial charge in [0.25, 0.3) is 0 Å². The number of thiophene rings is 1. The van der Waals surface area contributed by atoms with Crippen molar-refractivity contribution in [1.29, 1.82) is 0 Å². The van der Waals surface area contributed by atoms with Gasteiger partial charge in [-0.3, -0.25) is 14.6 Å². The summed E-state index contributed by atoms with van der Waals surface area (Å²) < 4.78 is 1.32. The first kappa shape index (κ1) is 19.1. The molecule has 4 nitrogen and oxygen atoms in total. The highest BCUT2D eigenvalue weighted by atomic mass is 32.1. The molecule has 2 heterocycles. The number of amides is 1. The maximum absolute atomic E-state index is 12.3. The van der Waals surface area contributed by atoms with Gasteiger partial charge in [0.05, 0.1) is 6.54 Å². The molecule has 1 amide bonds. The molecule has 0 spiro atoms. The Kier molecular flexibility index (Phi) is 6.37. The number of carbonyl (C=O) groups excluding carboxylic acids is 1. The summed E-state index contributed by atoms with van der Waals surface area (Å²) in [5, 5.41) is 6.62. The van der Waals surface area contributed by atoms with E-state index >= 15 is 0 Å². The number of benzene rings is 2. The monoisotopic (exact) mass is 393 g/mol. The lowest BCUT2D eigenvalue weighted by atomic mass is 10.1. The van der Waals surface area contributed by atoms with Crippen LogP contribution in [0.2, 0.25) is 0 Å². The van der Waals surface area contributed by atoms with E-state index in [0.29, 0.717) is 13.1 Å². The van der Waals surface area contributed by atoms with Gasteiger partial charge in [-0.2, -0.15) is 0 Å². The Bertz CT molecular complexity index is 900. The first-order chi connectivity index (χ1) is 13.8. The van der Waals surface area contributed by atoms with Crippen LogP contribution in [0.15, 0.2) is 60.0 Å². The molecule has 146 valence electrons. The second kappa shape index (κ2) is 9.32. The van der Waals surface area contributed by atoms with E-state index in [0.717, 1.165) is 39.1 Å². The third kappa shape index (κ3) is 4.98. The summed E-state index contributed by atoms with van der Waals surface area (Å²) in [7, 11) is 0. The van der Waals surface area contributed by atoms with Crippen LogP contribution in [0.3, 0.4) is 0 Å². The lowest BCUT2D eigenvalue weighted by Gasteiger charge is -2.34. The van der Waals surface area contributed by atoms with E-state index in [1.165, 1.54) is 21.2 Å². The zero-order chi connectivity index (χ0) is 19.2. The average Bonchev–Trinajstić information content (AvgIpc) is 3.14. The molecule has 1 aromatic heterocycles. The lowest BCUT2D eigenvalue weighted by Crippen LogP contribution is -2.49. The molecule has 3 aromatic rings. The van der Waals surface area contributed by atoms with Gasteiger partial charge in [0, 0.05) is 44.0 Å². The van der Waals surface area contributed by atoms with Gasteiger partial charge in [-0.25, -0.2) is 0 Å². The van der Waals surface area contributed by atoms with Crippen LogP contribution >= 0.6 is 11.3 Å². The Morgan fingerprint density at radius 3 is 2.46 bits per heavy atom. The summed E-state index contributed by atoms with van der Waals surface area (Å²) in [6, 6.07) is 19.1. The van der Waals surface area contributed by atoms with Gasteiger partial charge in [-0.1, -0.05) is 48.5 Å². The molecule has 0 aliphatic carbocycles. The highest BCUT2D eigenvalue weighted by molar-refractivity contribution is 7.17. The molecule has 5 heteroatoms. The molecule has 1 N–H and O–H groups in total. The molecule has 1 saturated heterocycles. The molecule has 1 aliphatic heterocycles. The van der Waals surface area contributed by atoms with E-state index in [9.17, 15) is 4.79 Å². The smallest absolute Gasteiger partial charge is 0.234 e. The third-order valence-corrected chi connectivity index (χ3v) is 6.37. The molecule has 1 aliphatic rings. The van der Waals surface area contributed by atoms with Crippen molar-refractivity contribution in [3.05, 3.63) is 71.1 Å². The quantitative estimate of drug-likeness (QED) is 0.668. The second-order valence-electron chi connectivity index (χ2n) is 7.39. The van der Waals surface area contributed by atoms with Crippen LogP contribution in [0.5, 0.6) is 0 Å². The van der Waals surface area contributed by atoms with Gasteiger partial charge in [-0.15, -0.1) is 11.3 Å². The highest BCUT2D eigenvalue weighted by Gasteiger charge is 2.18. The van der Waals surface area contributed by atoms with Crippen LogP contribution in [0, 0.1) is 0 Å². The van der Waals surface area contributed by atoms with E-state index in [1.807, 2.05) is 0 Å². The van der Waals surface area contributed by atoms with Crippen molar-refractivity contribution < 1.29 is 4.79 Å². The first-order valence-electron chi connectivity index (χ1n) is 9.98. The van der Waals surface area contributed by atoms with Crippen molar-refractivity contribution in [2.24, 2.45) is 0 Å². The van der Waals surface area contributed by atoms with Crippen molar-refractivity contribution in [1.82, 2.24) is 15.1 Å². The van der Waals surface area contributed by atoms with Gasteiger partial charge in [-0.05, 0) is 34.4 Å². The number of hydrogen-bond acceptors (Lipinski definition) is 4. The SMILES string of the molecule is O=C(CN1CCN(Cc2ccccc2)CC1)NCCc1csc2ccccc12. The van der Waals surface area contributed by atoms with Crippen molar-refractivity contribution in [2.45, 2.75) is 13.0 Å². The van der Waals surface area contributed by atoms with Crippen molar-refractivity contribution >= 4 is 27.3 Å². The first-order valence-corrected chi connectivity index (χ1v) is 10.9. The minimum atomic E-state index is 0.135. The molecule has 0 saturated carbocycles. The zero-order valence-corrected chi connectivity index (χ0v) is 17.0. The van der Waals surface area contributed by atoms with Crippen molar-refractivity contribution in [3.8, 4) is 0 Å². The second-order valence-corrected chi connectivity index (χ2v) is 8.31. The maximum atomic E-state index is 12.3. The molecule has 0 bridgehead atoms. The van der Waals surface area contributed by atoms with E-state index in [4.69, 9.17) is 0 Å². The lowest BCUT2D eigenvalue weighted by molar-refractivity contribution is -0.122. The molecule has 1 fully saturated rings. The summed E-state index contributed by atoms with van der Waals surface area (Å²) in [6.07, 6.45) is 0.889. The molecule has 28 heavy (non-hydrogen) atoms. The number of fused-ring (bicyclic) bond motifs is 1. The van der Waals surface area contributed by atoms with Crippen LogP contribution in [-0.4, -0.2) is 55.0 Å². The number of nitrogens with zero attached hydrogens (tertiary/aromatic N) is 2. The Labute approximate surface area is 170 Å². The largest absolute Gasteiger partial charge is 0.355 e. The molecule has 2 aromatic carbocycles. The number of carbonyl (C=O) groups is 1. The van der Waals surface area contributed by atoms with E-state index in [2.05, 4.69) is 75.1 Å². The van der Waals surface area contributed by atoms with Crippen LogP contribution in [0.25, 0.3) is 10.1 Å². The van der Waals surface area contributed by atoms with Gasteiger partial charge < -0.3 is 5.32 Å².